The molecule has 0 radical (unpaired) electrons. The third-order valence-corrected chi connectivity index (χ3v) is 3.23. The SMILES string of the molecule is Cc1nnsc1C(=O)N(CCBr)C(C)C. The Morgan fingerprint density at radius 3 is 2.67 bits per heavy atom. The molecule has 0 bridgehead atoms. The fourth-order valence-corrected chi connectivity index (χ4v) is 2.24. The van der Waals surface area contributed by atoms with Gasteiger partial charge in [0.05, 0.1) is 5.69 Å². The molecule has 0 unspecified atom stereocenters. The lowest BCUT2D eigenvalue weighted by Crippen LogP contribution is -2.38. The van der Waals surface area contributed by atoms with Crippen molar-refractivity contribution in [1.29, 1.82) is 0 Å². The molecule has 0 fully saturated rings. The van der Waals surface area contributed by atoms with Crippen molar-refractivity contribution in [1.82, 2.24) is 14.5 Å². The minimum absolute atomic E-state index is 0.0250. The van der Waals surface area contributed by atoms with Crippen molar-refractivity contribution in [2.24, 2.45) is 0 Å². The highest BCUT2D eigenvalue weighted by atomic mass is 79.9. The van der Waals surface area contributed by atoms with Crippen molar-refractivity contribution < 1.29 is 4.79 Å². The summed E-state index contributed by atoms with van der Waals surface area (Å²) in [6.07, 6.45) is 0. The number of aryl methyl sites for hydroxylation is 1. The molecule has 0 aliphatic rings. The zero-order chi connectivity index (χ0) is 11.4. The van der Waals surface area contributed by atoms with Crippen molar-refractivity contribution >= 4 is 33.4 Å². The second kappa shape index (κ2) is 5.55. The Kier molecular flexibility index (Phi) is 4.66. The first kappa shape index (κ1) is 12.6. The monoisotopic (exact) mass is 291 g/mol. The third kappa shape index (κ3) is 2.98. The van der Waals surface area contributed by atoms with E-state index in [2.05, 4.69) is 25.5 Å². The molecule has 0 atom stereocenters. The van der Waals surface area contributed by atoms with Gasteiger partial charge in [0.1, 0.15) is 4.88 Å². The quantitative estimate of drug-likeness (QED) is 0.798. The van der Waals surface area contributed by atoms with Crippen LogP contribution in [0.2, 0.25) is 0 Å². The molecule has 0 aromatic carbocycles. The Labute approximate surface area is 102 Å². The molecule has 4 nitrogen and oxygen atoms in total. The van der Waals surface area contributed by atoms with Crippen LogP contribution < -0.4 is 0 Å². The molecule has 1 heterocycles. The Bertz CT molecular complexity index is 340. The van der Waals surface area contributed by atoms with E-state index >= 15 is 0 Å². The first-order chi connectivity index (χ1) is 7.07. The summed E-state index contributed by atoms with van der Waals surface area (Å²) in [5, 5.41) is 4.63. The molecule has 0 N–H and O–H groups in total. The molecule has 0 saturated carbocycles. The standard InChI is InChI=1S/C9H14BrN3OS/c1-6(2)13(5-4-10)9(14)8-7(3)11-12-15-8/h6H,4-5H2,1-3H3. The number of rotatable bonds is 4. The molecule has 6 heteroatoms. The number of aromatic nitrogens is 2. The minimum Gasteiger partial charge on any atom is -0.335 e. The highest BCUT2D eigenvalue weighted by Gasteiger charge is 2.22. The first-order valence-corrected chi connectivity index (χ1v) is 6.63. The normalized spacial score (nSPS) is 10.7. The van der Waals surface area contributed by atoms with Gasteiger partial charge in [0, 0.05) is 17.9 Å². The highest BCUT2D eigenvalue weighted by molar-refractivity contribution is 9.09. The van der Waals surface area contributed by atoms with Crippen LogP contribution >= 0.6 is 27.5 Å². The molecular formula is C9H14BrN3OS. The van der Waals surface area contributed by atoms with Gasteiger partial charge >= 0.3 is 0 Å². The van der Waals surface area contributed by atoms with E-state index in [1.54, 1.807) is 0 Å². The van der Waals surface area contributed by atoms with Crippen molar-refractivity contribution in [3.63, 3.8) is 0 Å². The van der Waals surface area contributed by atoms with Crippen LogP contribution in [0.3, 0.4) is 0 Å². The Hall–Kier alpha value is -0.490. The number of halogens is 1. The average molecular weight is 292 g/mol. The Morgan fingerprint density at radius 2 is 2.27 bits per heavy atom. The molecular weight excluding hydrogens is 278 g/mol. The summed E-state index contributed by atoms with van der Waals surface area (Å²) in [7, 11) is 0. The van der Waals surface area contributed by atoms with Gasteiger partial charge in [-0.05, 0) is 32.3 Å². The van der Waals surface area contributed by atoms with Gasteiger partial charge in [0.2, 0.25) is 0 Å². The largest absolute Gasteiger partial charge is 0.335 e. The number of hydrogen-bond acceptors (Lipinski definition) is 4. The fraction of sp³-hybridized carbons (Fsp3) is 0.667. The lowest BCUT2D eigenvalue weighted by atomic mass is 10.2. The molecule has 0 aliphatic carbocycles. The molecule has 15 heavy (non-hydrogen) atoms. The maximum atomic E-state index is 12.1. The number of carbonyl (C=O) groups is 1. The molecule has 1 amide bonds. The summed E-state index contributed by atoms with van der Waals surface area (Å²) in [5.74, 6) is 0.0250. The first-order valence-electron chi connectivity index (χ1n) is 4.73. The average Bonchev–Trinajstić information content (AvgIpc) is 2.59. The molecule has 0 saturated heterocycles. The van der Waals surface area contributed by atoms with E-state index in [1.165, 1.54) is 0 Å². The smallest absolute Gasteiger partial charge is 0.267 e. The Balaban J connectivity index is 2.86. The van der Waals surface area contributed by atoms with Crippen LogP contribution in [0, 0.1) is 6.92 Å². The number of carbonyl (C=O) groups excluding carboxylic acids is 1. The fourth-order valence-electron chi connectivity index (χ4n) is 1.24. The number of alkyl halides is 1. The summed E-state index contributed by atoms with van der Waals surface area (Å²) < 4.78 is 3.78. The Morgan fingerprint density at radius 1 is 1.60 bits per heavy atom. The van der Waals surface area contributed by atoms with Gasteiger partial charge in [-0.1, -0.05) is 20.4 Å². The topological polar surface area (TPSA) is 46.1 Å². The van der Waals surface area contributed by atoms with Crippen molar-refractivity contribution in [3.05, 3.63) is 10.6 Å². The van der Waals surface area contributed by atoms with Crippen molar-refractivity contribution in [2.75, 3.05) is 11.9 Å². The van der Waals surface area contributed by atoms with Gasteiger partial charge < -0.3 is 4.90 Å². The van der Waals surface area contributed by atoms with Gasteiger partial charge in [-0.3, -0.25) is 4.79 Å². The number of hydrogen-bond donors (Lipinski definition) is 0. The molecule has 1 aromatic rings. The third-order valence-electron chi connectivity index (χ3n) is 2.06. The zero-order valence-corrected chi connectivity index (χ0v) is 11.4. The molecule has 0 aliphatic heterocycles. The van der Waals surface area contributed by atoms with E-state index in [1.807, 2.05) is 25.7 Å². The van der Waals surface area contributed by atoms with Crippen LogP contribution in [0.25, 0.3) is 0 Å². The number of amides is 1. The van der Waals surface area contributed by atoms with Crippen LogP contribution in [0.4, 0.5) is 0 Å². The summed E-state index contributed by atoms with van der Waals surface area (Å²) in [4.78, 5) is 14.6. The van der Waals surface area contributed by atoms with Crippen LogP contribution in [0.1, 0.15) is 29.2 Å². The maximum Gasteiger partial charge on any atom is 0.267 e. The minimum atomic E-state index is 0.0250. The van der Waals surface area contributed by atoms with Crippen LogP contribution in [-0.4, -0.2) is 38.3 Å². The summed E-state index contributed by atoms with van der Waals surface area (Å²) >= 11 is 4.51. The predicted octanol–water partition coefficient (Wildman–Crippen LogP) is 2.09. The van der Waals surface area contributed by atoms with E-state index < -0.39 is 0 Å². The van der Waals surface area contributed by atoms with E-state index in [-0.39, 0.29) is 11.9 Å². The second-order valence-corrected chi connectivity index (χ2v) is 5.02. The lowest BCUT2D eigenvalue weighted by molar-refractivity contribution is 0.0723. The van der Waals surface area contributed by atoms with E-state index in [9.17, 15) is 4.79 Å². The van der Waals surface area contributed by atoms with Gasteiger partial charge in [-0.25, -0.2) is 0 Å². The second-order valence-electron chi connectivity index (χ2n) is 3.47. The van der Waals surface area contributed by atoms with Crippen molar-refractivity contribution in [2.45, 2.75) is 26.8 Å². The lowest BCUT2D eigenvalue weighted by Gasteiger charge is -2.25. The van der Waals surface area contributed by atoms with Crippen LogP contribution in [0.15, 0.2) is 0 Å². The number of nitrogens with zero attached hydrogens (tertiary/aromatic N) is 3. The van der Waals surface area contributed by atoms with E-state index in [4.69, 9.17) is 0 Å². The zero-order valence-electron chi connectivity index (χ0n) is 9.03. The molecule has 1 rings (SSSR count). The predicted molar refractivity (Wildman–Crippen MR) is 64.6 cm³/mol. The van der Waals surface area contributed by atoms with E-state index in [0.29, 0.717) is 17.1 Å². The summed E-state index contributed by atoms with van der Waals surface area (Å²) in [6, 6.07) is 0.191. The van der Waals surface area contributed by atoms with Gasteiger partial charge in [0.15, 0.2) is 0 Å². The molecule has 84 valence electrons. The van der Waals surface area contributed by atoms with Gasteiger partial charge in [0.25, 0.3) is 5.91 Å². The molecule has 1 aromatic heterocycles. The van der Waals surface area contributed by atoms with Crippen molar-refractivity contribution in [3.8, 4) is 0 Å². The summed E-state index contributed by atoms with van der Waals surface area (Å²) in [5.41, 5.74) is 0.713. The maximum absolute atomic E-state index is 12.1. The van der Waals surface area contributed by atoms with E-state index in [0.717, 1.165) is 16.9 Å². The van der Waals surface area contributed by atoms with Crippen LogP contribution in [0.5, 0.6) is 0 Å². The molecule has 0 spiro atoms. The summed E-state index contributed by atoms with van der Waals surface area (Å²) in [6.45, 7) is 6.52. The van der Waals surface area contributed by atoms with Crippen LogP contribution in [-0.2, 0) is 0 Å². The van der Waals surface area contributed by atoms with Gasteiger partial charge in [-0.2, -0.15) is 0 Å². The van der Waals surface area contributed by atoms with Gasteiger partial charge in [-0.15, -0.1) is 5.10 Å². The highest BCUT2D eigenvalue weighted by Crippen LogP contribution is 2.14.